The van der Waals surface area contributed by atoms with Crippen molar-refractivity contribution in [3.63, 3.8) is 0 Å². The molecule has 0 atom stereocenters. The first-order chi connectivity index (χ1) is 6.27. The largest absolute Gasteiger partial charge is 0.382 e. The molecule has 3 N–H and O–H groups in total. The van der Waals surface area contributed by atoms with Crippen LogP contribution in [0.2, 0.25) is 0 Å². The zero-order chi connectivity index (χ0) is 9.26. The van der Waals surface area contributed by atoms with Gasteiger partial charge < -0.3 is 5.73 Å². The SMILES string of the molecule is Nc1ncc(-c2cn[nH]c2)nc1I. The molecule has 0 radical (unpaired) electrons. The second-order valence-electron chi connectivity index (χ2n) is 2.42. The van der Waals surface area contributed by atoms with Gasteiger partial charge in [-0.1, -0.05) is 0 Å². The molecule has 0 aliphatic rings. The maximum Gasteiger partial charge on any atom is 0.155 e. The Morgan fingerprint density at radius 2 is 2.23 bits per heavy atom. The quantitative estimate of drug-likeness (QED) is 0.768. The minimum atomic E-state index is 0.452. The van der Waals surface area contributed by atoms with Crippen LogP contribution >= 0.6 is 22.6 Å². The molecule has 0 saturated carbocycles. The normalized spacial score (nSPS) is 10.2. The number of nitrogen functional groups attached to an aromatic ring is 1. The highest BCUT2D eigenvalue weighted by Gasteiger charge is 2.03. The van der Waals surface area contributed by atoms with E-state index in [2.05, 4.69) is 20.2 Å². The van der Waals surface area contributed by atoms with Crippen LogP contribution in [0.4, 0.5) is 5.82 Å². The topological polar surface area (TPSA) is 80.5 Å². The van der Waals surface area contributed by atoms with E-state index in [9.17, 15) is 0 Å². The Morgan fingerprint density at radius 1 is 1.38 bits per heavy atom. The molecule has 2 rings (SSSR count). The summed E-state index contributed by atoms with van der Waals surface area (Å²) in [6.45, 7) is 0. The fourth-order valence-corrected chi connectivity index (χ4v) is 1.31. The Labute approximate surface area is 87.9 Å². The average Bonchev–Trinajstić information content (AvgIpc) is 2.62. The van der Waals surface area contributed by atoms with E-state index in [1.165, 1.54) is 0 Å². The van der Waals surface area contributed by atoms with Crippen molar-refractivity contribution in [3.05, 3.63) is 22.3 Å². The van der Waals surface area contributed by atoms with Gasteiger partial charge >= 0.3 is 0 Å². The lowest BCUT2D eigenvalue weighted by Gasteiger charge is -1.98. The minimum absolute atomic E-state index is 0.452. The molecule has 13 heavy (non-hydrogen) atoms. The number of aromatic nitrogens is 4. The highest BCUT2D eigenvalue weighted by molar-refractivity contribution is 14.1. The van der Waals surface area contributed by atoms with Crippen LogP contribution in [-0.2, 0) is 0 Å². The Balaban J connectivity index is 2.49. The summed E-state index contributed by atoms with van der Waals surface area (Å²) in [6, 6.07) is 0. The first kappa shape index (κ1) is 8.42. The van der Waals surface area contributed by atoms with Crippen molar-refractivity contribution in [1.29, 1.82) is 0 Å². The highest BCUT2D eigenvalue weighted by Crippen LogP contribution is 2.17. The third-order valence-corrected chi connectivity index (χ3v) is 2.34. The fourth-order valence-electron chi connectivity index (χ4n) is 0.906. The second-order valence-corrected chi connectivity index (χ2v) is 3.44. The van der Waals surface area contributed by atoms with Gasteiger partial charge in [-0.25, -0.2) is 9.97 Å². The number of H-pyrrole nitrogens is 1. The Morgan fingerprint density at radius 3 is 2.85 bits per heavy atom. The number of aromatic amines is 1. The lowest BCUT2D eigenvalue weighted by molar-refractivity contribution is 1.09. The van der Waals surface area contributed by atoms with Crippen molar-refractivity contribution < 1.29 is 0 Å². The molecule has 0 unspecified atom stereocenters. The first-order valence-corrected chi connectivity index (χ1v) is 4.62. The van der Waals surface area contributed by atoms with Crippen LogP contribution in [0, 0.1) is 3.70 Å². The number of hydrogen-bond donors (Lipinski definition) is 2. The lowest BCUT2D eigenvalue weighted by Crippen LogP contribution is -1.97. The van der Waals surface area contributed by atoms with Crippen molar-refractivity contribution in [2.75, 3.05) is 5.73 Å². The lowest BCUT2D eigenvalue weighted by atomic mass is 10.3. The summed E-state index contributed by atoms with van der Waals surface area (Å²) in [6.07, 6.45) is 5.08. The van der Waals surface area contributed by atoms with Crippen LogP contribution in [0.25, 0.3) is 11.3 Å². The van der Waals surface area contributed by atoms with E-state index in [0.717, 1.165) is 11.3 Å². The summed E-state index contributed by atoms with van der Waals surface area (Å²) >= 11 is 2.05. The molecule has 2 aromatic heterocycles. The summed E-state index contributed by atoms with van der Waals surface area (Å²) in [5.74, 6) is 0.452. The average molecular weight is 287 g/mol. The Kier molecular flexibility index (Phi) is 2.13. The van der Waals surface area contributed by atoms with Gasteiger partial charge in [0.1, 0.15) is 3.70 Å². The van der Waals surface area contributed by atoms with Gasteiger partial charge in [0.2, 0.25) is 0 Å². The van der Waals surface area contributed by atoms with E-state index in [0.29, 0.717) is 9.52 Å². The van der Waals surface area contributed by atoms with Crippen LogP contribution in [0.1, 0.15) is 0 Å². The molecule has 0 amide bonds. The highest BCUT2D eigenvalue weighted by atomic mass is 127. The molecule has 0 aromatic carbocycles. The van der Waals surface area contributed by atoms with Gasteiger partial charge in [-0.3, -0.25) is 5.10 Å². The minimum Gasteiger partial charge on any atom is -0.382 e. The Bertz CT molecular complexity index is 411. The van der Waals surface area contributed by atoms with Crippen LogP contribution in [0.3, 0.4) is 0 Å². The Hall–Kier alpha value is -1.18. The summed E-state index contributed by atoms with van der Waals surface area (Å²) in [5.41, 5.74) is 7.22. The van der Waals surface area contributed by atoms with Crippen LogP contribution in [0.5, 0.6) is 0 Å². The monoisotopic (exact) mass is 287 g/mol. The molecule has 2 aromatic rings. The smallest absolute Gasteiger partial charge is 0.155 e. The molecular weight excluding hydrogens is 281 g/mol. The molecule has 0 saturated heterocycles. The molecule has 6 heteroatoms. The van der Waals surface area contributed by atoms with Gasteiger partial charge in [0, 0.05) is 11.8 Å². The molecular formula is C7H6IN5. The van der Waals surface area contributed by atoms with E-state index in [4.69, 9.17) is 5.73 Å². The maximum absolute atomic E-state index is 5.54. The van der Waals surface area contributed by atoms with Crippen LogP contribution < -0.4 is 5.73 Å². The number of hydrogen-bond acceptors (Lipinski definition) is 4. The first-order valence-electron chi connectivity index (χ1n) is 3.54. The fraction of sp³-hybridized carbons (Fsp3) is 0. The number of anilines is 1. The van der Waals surface area contributed by atoms with Crippen molar-refractivity contribution in [3.8, 4) is 11.3 Å². The molecule has 66 valence electrons. The van der Waals surface area contributed by atoms with E-state index >= 15 is 0 Å². The van der Waals surface area contributed by atoms with Gasteiger partial charge in [-0.15, -0.1) is 0 Å². The van der Waals surface area contributed by atoms with E-state index in [1.54, 1.807) is 18.6 Å². The number of nitrogens with one attached hydrogen (secondary N) is 1. The van der Waals surface area contributed by atoms with E-state index in [-0.39, 0.29) is 0 Å². The van der Waals surface area contributed by atoms with E-state index < -0.39 is 0 Å². The summed E-state index contributed by atoms with van der Waals surface area (Å²) in [7, 11) is 0. The molecule has 5 nitrogen and oxygen atoms in total. The molecule has 2 heterocycles. The molecule has 0 aliphatic carbocycles. The van der Waals surface area contributed by atoms with Gasteiger partial charge in [-0.2, -0.15) is 5.10 Å². The predicted molar refractivity (Wildman–Crippen MR) is 56.7 cm³/mol. The third kappa shape index (κ3) is 1.62. The molecule has 0 aliphatic heterocycles. The number of halogens is 1. The number of nitrogens with two attached hydrogens (primary N) is 1. The summed E-state index contributed by atoms with van der Waals surface area (Å²) < 4.78 is 0.705. The molecule has 0 spiro atoms. The maximum atomic E-state index is 5.54. The molecule has 0 bridgehead atoms. The summed E-state index contributed by atoms with van der Waals surface area (Å²) in [5, 5.41) is 6.53. The molecule has 0 fully saturated rings. The third-order valence-electron chi connectivity index (χ3n) is 1.55. The summed E-state index contributed by atoms with van der Waals surface area (Å²) in [4.78, 5) is 8.26. The van der Waals surface area contributed by atoms with Gasteiger partial charge in [0.15, 0.2) is 5.82 Å². The van der Waals surface area contributed by atoms with Crippen LogP contribution in [0.15, 0.2) is 18.6 Å². The zero-order valence-corrected chi connectivity index (χ0v) is 8.69. The van der Waals surface area contributed by atoms with Gasteiger partial charge in [0.05, 0.1) is 18.1 Å². The van der Waals surface area contributed by atoms with Crippen molar-refractivity contribution in [1.82, 2.24) is 20.2 Å². The second kappa shape index (κ2) is 3.29. The predicted octanol–water partition coefficient (Wildman–Crippen LogP) is 1.05. The van der Waals surface area contributed by atoms with Crippen molar-refractivity contribution in [2.24, 2.45) is 0 Å². The number of nitrogens with zero attached hydrogens (tertiary/aromatic N) is 3. The van der Waals surface area contributed by atoms with Crippen LogP contribution in [-0.4, -0.2) is 20.2 Å². The van der Waals surface area contributed by atoms with E-state index in [1.807, 2.05) is 22.6 Å². The van der Waals surface area contributed by atoms with Crippen molar-refractivity contribution in [2.45, 2.75) is 0 Å². The number of rotatable bonds is 1. The van der Waals surface area contributed by atoms with Gasteiger partial charge in [0.25, 0.3) is 0 Å². The van der Waals surface area contributed by atoms with Gasteiger partial charge in [-0.05, 0) is 22.6 Å². The van der Waals surface area contributed by atoms with Crippen molar-refractivity contribution >= 4 is 28.4 Å². The standard InChI is InChI=1S/C7H6IN5/c8-6-7(9)10-3-5(13-6)4-1-11-12-2-4/h1-3H,(H2,9,10)(H,11,12). The zero-order valence-electron chi connectivity index (χ0n) is 6.53.